The van der Waals surface area contributed by atoms with E-state index in [1.165, 1.54) is 36.2 Å². The van der Waals surface area contributed by atoms with Gasteiger partial charge in [-0.2, -0.15) is 0 Å². The fourth-order valence-corrected chi connectivity index (χ4v) is 4.65. The maximum Gasteiger partial charge on any atom is 0.251 e. The second kappa shape index (κ2) is 9.36. The molecule has 1 fully saturated rings. The van der Waals surface area contributed by atoms with Gasteiger partial charge in [0.05, 0.1) is 17.7 Å². The van der Waals surface area contributed by atoms with Crippen molar-refractivity contribution in [3.63, 3.8) is 0 Å². The standard InChI is InChI=1S/C23H25N3O4S/c27-23(24-15-18-12-13-26(17-18)20-5-2-1-3-6-20)19-8-10-22(11-9-19)31(28,29)25-16-21-7-4-14-30-21/h1-11,14,18,25H,12-13,15-17H2,(H,24,27). The lowest BCUT2D eigenvalue weighted by molar-refractivity contribution is 0.0948. The largest absolute Gasteiger partial charge is 0.468 e. The molecular formula is C23H25N3O4S. The van der Waals surface area contributed by atoms with E-state index in [9.17, 15) is 13.2 Å². The lowest BCUT2D eigenvalue weighted by Crippen LogP contribution is -2.31. The highest BCUT2D eigenvalue weighted by molar-refractivity contribution is 7.89. The van der Waals surface area contributed by atoms with Crippen LogP contribution in [0.5, 0.6) is 0 Å². The van der Waals surface area contributed by atoms with Gasteiger partial charge >= 0.3 is 0 Å². The minimum Gasteiger partial charge on any atom is -0.468 e. The van der Waals surface area contributed by atoms with Crippen LogP contribution in [0.15, 0.2) is 82.3 Å². The van der Waals surface area contributed by atoms with Crippen molar-refractivity contribution in [2.75, 3.05) is 24.5 Å². The van der Waals surface area contributed by atoms with Crippen LogP contribution < -0.4 is 14.9 Å². The highest BCUT2D eigenvalue weighted by Gasteiger charge is 2.23. The number of benzene rings is 2. The molecular weight excluding hydrogens is 414 g/mol. The van der Waals surface area contributed by atoms with E-state index in [0.29, 0.717) is 23.8 Å². The number of nitrogens with one attached hydrogen (secondary N) is 2. The molecule has 31 heavy (non-hydrogen) atoms. The average molecular weight is 440 g/mol. The molecule has 1 aromatic heterocycles. The number of furan rings is 1. The van der Waals surface area contributed by atoms with Crippen LogP contribution >= 0.6 is 0 Å². The predicted molar refractivity (Wildman–Crippen MR) is 118 cm³/mol. The number of sulfonamides is 1. The van der Waals surface area contributed by atoms with E-state index in [0.717, 1.165) is 19.5 Å². The molecule has 1 atom stereocenters. The molecule has 7 nitrogen and oxygen atoms in total. The van der Waals surface area contributed by atoms with Crippen LogP contribution in [0, 0.1) is 5.92 Å². The number of carbonyl (C=O) groups is 1. The fraction of sp³-hybridized carbons (Fsp3) is 0.261. The molecule has 8 heteroatoms. The number of hydrogen-bond donors (Lipinski definition) is 2. The molecule has 0 bridgehead atoms. The van der Waals surface area contributed by atoms with Gasteiger partial charge in [0.2, 0.25) is 10.0 Å². The summed E-state index contributed by atoms with van der Waals surface area (Å²) in [6.07, 6.45) is 2.51. The molecule has 1 unspecified atom stereocenters. The molecule has 1 aliphatic heterocycles. The smallest absolute Gasteiger partial charge is 0.251 e. The predicted octanol–water partition coefficient (Wildman–Crippen LogP) is 3.01. The second-order valence-corrected chi connectivity index (χ2v) is 9.34. The van der Waals surface area contributed by atoms with Crippen LogP contribution in [0.25, 0.3) is 0 Å². The molecule has 1 aliphatic rings. The second-order valence-electron chi connectivity index (χ2n) is 7.57. The van der Waals surface area contributed by atoms with E-state index in [1.807, 2.05) is 18.2 Å². The third-order valence-electron chi connectivity index (χ3n) is 5.40. The number of anilines is 1. The zero-order chi connectivity index (χ0) is 21.7. The molecule has 2 N–H and O–H groups in total. The number of nitrogens with zero attached hydrogens (tertiary/aromatic N) is 1. The first-order valence-electron chi connectivity index (χ1n) is 10.2. The number of hydrogen-bond acceptors (Lipinski definition) is 5. The molecule has 0 spiro atoms. The molecule has 1 saturated heterocycles. The summed E-state index contributed by atoms with van der Waals surface area (Å²) in [7, 11) is -3.68. The van der Waals surface area contributed by atoms with Crippen LogP contribution in [0.4, 0.5) is 5.69 Å². The van der Waals surface area contributed by atoms with Crippen LogP contribution in [-0.4, -0.2) is 34.0 Å². The first-order chi connectivity index (χ1) is 15.0. The minimum atomic E-state index is -3.68. The van der Waals surface area contributed by atoms with Crippen molar-refractivity contribution in [3.05, 3.63) is 84.3 Å². The van der Waals surface area contributed by atoms with Gasteiger partial charge < -0.3 is 14.6 Å². The van der Waals surface area contributed by atoms with Crippen LogP contribution in [0.2, 0.25) is 0 Å². The zero-order valence-electron chi connectivity index (χ0n) is 17.0. The summed E-state index contributed by atoms with van der Waals surface area (Å²) in [6.45, 7) is 2.54. The molecule has 2 aromatic carbocycles. The average Bonchev–Trinajstić information content (AvgIpc) is 3.49. The number of rotatable bonds is 8. The molecule has 0 radical (unpaired) electrons. The van der Waals surface area contributed by atoms with Gasteiger partial charge in [0.1, 0.15) is 5.76 Å². The molecule has 162 valence electrons. The zero-order valence-corrected chi connectivity index (χ0v) is 17.8. The summed E-state index contributed by atoms with van der Waals surface area (Å²) in [5, 5.41) is 2.97. The van der Waals surface area contributed by atoms with Crippen LogP contribution in [-0.2, 0) is 16.6 Å². The normalized spacial score (nSPS) is 16.4. The molecule has 0 saturated carbocycles. The molecule has 4 rings (SSSR count). The van der Waals surface area contributed by atoms with Gasteiger partial charge in [0.15, 0.2) is 0 Å². The minimum absolute atomic E-state index is 0.0684. The monoisotopic (exact) mass is 439 g/mol. The Morgan fingerprint density at radius 2 is 1.81 bits per heavy atom. The fourth-order valence-electron chi connectivity index (χ4n) is 3.66. The summed E-state index contributed by atoms with van der Waals surface area (Å²) in [5.41, 5.74) is 1.64. The van der Waals surface area contributed by atoms with Crippen molar-refractivity contribution in [2.24, 2.45) is 5.92 Å². The summed E-state index contributed by atoms with van der Waals surface area (Å²) < 4.78 is 32.4. The number of para-hydroxylation sites is 1. The third kappa shape index (κ3) is 5.34. The number of carbonyl (C=O) groups excluding carboxylic acids is 1. The van der Waals surface area contributed by atoms with Crippen molar-refractivity contribution < 1.29 is 17.6 Å². The SMILES string of the molecule is O=C(NCC1CCN(c2ccccc2)C1)c1ccc(S(=O)(=O)NCc2ccco2)cc1. The quantitative estimate of drug-likeness (QED) is 0.563. The topological polar surface area (TPSA) is 91.7 Å². The van der Waals surface area contributed by atoms with Gasteiger partial charge in [-0.05, 0) is 60.9 Å². The molecule has 2 heterocycles. The van der Waals surface area contributed by atoms with Crippen molar-refractivity contribution in [1.29, 1.82) is 0 Å². The van der Waals surface area contributed by atoms with E-state index in [4.69, 9.17) is 4.42 Å². The van der Waals surface area contributed by atoms with Crippen LogP contribution in [0.1, 0.15) is 22.5 Å². The molecule has 3 aromatic rings. The van der Waals surface area contributed by atoms with Gasteiger partial charge in [0, 0.05) is 30.9 Å². The molecule has 1 amide bonds. The number of amides is 1. The summed E-state index contributed by atoms with van der Waals surface area (Å²) in [6, 6.07) is 19.6. The van der Waals surface area contributed by atoms with Crippen molar-refractivity contribution in [2.45, 2.75) is 17.9 Å². The Morgan fingerprint density at radius 1 is 1.03 bits per heavy atom. The van der Waals surface area contributed by atoms with Crippen LogP contribution in [0.3, 0.4) is 0 Å². The maximum absolute atomic E-state index is 12.5. The van der Waals surface area contributed by atoms with E-state index < -0.39 is 10.0 Å². The Morgan fingerprint density at radius 3 is 2.52 bits per heavy atom. The van der Waals surface area contributed by atoms with Gasteiger partial charge in [-0.15, -0.1) is 0 Å². The van der Waals surface area contributed by atoms with Gasteiger partial charge in [-0.1, -0.05) is 18.2 Å². The summed E-state index contributed by atoms with van der Waals surface area (Å²) in [5.74, 6) is 0.706. The van der Waals surface area contributed by atoms with E-state index in [2.05, 4.69) is 27.1 Å². The van der Waals surface area contributed by atoms with Gasteiger partial charge in [0.25, 0.3) is 5.91 Å². The highest BCUT2D eigenvalue weighted by atomic mass is 32.2. The highest BCUT2D eigenvalue weighted by Crippen LogP contribution is 2.23. The van der Waals surface area contributed by atoms with Crippen molar-refractivity contribution >= 4 is 21.6 Å². The third-order valence-corrected chi connectivity index (χ3v) is 6.82. The Hall–Kier alpha value is -3.10. The lowest BCUT2D eigenvalue weighted by Gasteiger charge is -2.18. The Kier molecular flexibility index (Phi) is 6.39. The first kappa shape index (κ1) is 21.1. The summed E-state index contributed by atoms with van der Waals surface area (Å²) in [4.78, 5) is 14.9. The summed E-state index contributed by atoms with van der Waals surface area (Å²) >= 11 is 0. The van der Waals surface area contributed by atoms with Gasteiger partial charge in [-0.25, -0.2) is 13.1 Å². The van der Waals surface area contributed by atoms with Gasteiger partial charge in [-0.3, -0.25) is 4.79 Å². The van der Waals surface area contributed by atoms with E-state index in [-0.39, 0.29) is 17.3 Å². The van der Waals surface area contributed by atoms with Crippen molar-refractivity contribution in [1.82, 2.24) is 10.0 Å². The molecule has 0 aliphatic carbocycles. The Labute approximate surface area is 182 Å². The van der Waals surface area contributed by atoms with Crippen molar-refractivity contribution in [3.8, 4) is 0 Å². The lowest BCUT2D eigenvalue weighted by atomic mass is 10.1. The van der Waals surface area contributed by atoms with E-state index in [1.54, 1.807) is 12.1 Å². The maximum atomic E-state index is 12.5. The Balaban J connectivity index is 1.28. The first-order valence-corrected chi connectivity index (χ1v) is 11.7. The Bertz CT molecular complexity index is 1100. The van der Waals surface area contributed by atoms with E-state index >= 15 is 0 Å².